The van der Waals surface area contributed by atoms with Crippen LogP contribution < -0.4 is 5.32 Å². The Kier molecular flexibility index (Phi) is 6.56. The van der Waals surface area contributed by atoms with Crippen LogP contribution in [0.3, 0.4) is 0 Å². The number of carbonyl (C=O) groups is 1. The summed E-state index contributed by atoms with van der Waals surface area (Å²) < 4.78 is 13.2. The van der Waals surface area contributed by atoms with Crippen molar-refractivity contribution in [3.8, 4) is 22.0 Å². The third-order valence-electron chi connectivity index (χ3n) is 5.32. The summed E-state index contributed by atoms with van der Waals surface area (Å²) in [6.45, 7) is 3.49. The first kappa shape index (κ1) is 21.9. The van der Waals surface area contributed by atoms with Crippen LogP contribution in [0, 0.1) is 6.92 Å². The summed E-state index contributed by atoms with van der Waals surface area (Å²) in [5.41, 5.74) is 2.78. The van der Waals surface area contributed by atoms with Crippen LogP contribution in [0.5, 0.6) is 0 Å². The van der Waals surface area contributed by atoms with Crippen LogP contribution in [0.2, 0.25) is 0 Å². The predicted molar refractivity (Wildman–Crippen MR) is 128 cm³/mol. The van der Waals surface area contributed by atoms with E-state index >= 15 is 0 Å². The molecule has 1 saturated heterocycles. The fraction of sp³-hybridized carbons (Fsp3) is 0.304. The number of nitrogens with zero attached hydrogens (tertiary/aromatic N) is 4. The number of aryl methyl sites for hydroxylation is 1. The Morgan fingerprint density at radius 3 is 2.91 bits per heavy atom. The van der Waals surface area contributed by atoms with Crippen LogP contribution in [-0.4, -0.2) is 44.3 Å². The maximum atomic E-state index is 12.6. The van der Waals surface area contributed by atoms with Gasteiger partial charge in [0, 0.05) is 18.2 Å². The SMILES string of the molecule is Cc1ccc(-c2cc(NC(=O)CSc3nnc(-c4cccs4)n3C[C@@H]3CCCO3)on2)cc1. The van der Waals surface area contributed by atoms with Gasteiger partial charge in [-0.1, -0.05) is 52.8 Å². The topological polar surface area (TPSA) is 95.1 Å². The van der Waals surface area contributed by atoms with E-state index in [1.165, 1.54) is 17.3 Å². The Balaban J connectivity index is 1.24. The minimum Gasteiger partial charge on any atom is -0.376 e. The normalized spacial score (nSPS) is 15.7. The summed E-state index contributed by atoms with van der Waals surface area (Å²) in [5.74, 6) is 1.10. The number of hydrogen-bond acceptors (Lipinski definition) is 8. The highest BCUT2D eigenvalue weighted by Gasteiger charge is 2.22. The summed E-state index contributed by atoms with van der Waals surface area (Å²) in [6, 6.07) is 13.7. The van der Waals surface area contributed by atoms with Gasteiger partial charge in [-0.25, -0.2) is 0 Å². The maximum absolute atomic E-state index is 12.6. The van der Waals surface area contributed by atoms with E-state index in [-0.39, 0.29) is 17.8 Å². The molecule has 10 heteroatoms. The molecule has 1 atom stereocenters. The van der Waals surface area contributed by atoms with Crippen LogP contribution in [0.25, 0.3) is 22.0 Å². The number of benzene rings is 1. The summed E-state index contributed by atoms with van der Waals surface area (Å²) in [6.07, 6.45) is 2.22. The van der Waals surface area contributed by atoms with Crippen LogP contribution in [-0.2, 0) is 16.1 Å². The Hall–Kier alpha value is -2.95. The zero-order chi connectivity index (χ0) is 22.6. The lowest BCUT2D eigenvalue weighted by atomic mass is 10.1. The van der Waals surface area contributed by atoms with Crippen molar-refractivity contribution >= 4 is 34.9 Å². The second-order valence-electron chi connectivity index (χ2n) is 7.81. The van der Waals surface area contributed by atoms with E-state index in [1.807, 2.05) is 48.7 Å². The second-order valence-corrected chi connectivity index (χ2v) is 9.70. The average Bonchev–Trinajstić information content (AvgIpc) is 3.61. The number of ether oxygens (including phenoxy) is 1. The summed E-state index contributed by atoms with van der Waals surface area (Å²) in [4.78, 5) is 13.6. The lowest BCUT2D eigenvalue weighted by Gasteiger charge is -2.14. The van der Waals surface area contributed by atoms with E-state index in [2.05, 4.69) is 25.2 Å². The number of amides is 1. The van der Waals surface area contributed by atoms with Crippen molar-refractivity contribution in [2.24, 2.45) is 0 Å². The Morgan fingerprint density at radius 2 is 2.15 bits per heavy atom. The first-order chi connectivity index (χ1) is 16.2. The van der Waals surface area contributed by atoms with Crippen molar-refractivity contribution in [1.82, 2.24) is 19.9 Å². The Bertz CT molecular complexity index is 1210. The van der Waals surface area contributed by atoms with Gasteiger partial charge in [0.05, 0.1) is 23.3 Å². The molecule has 4 aromatic rings. The molecule has 0 aliphatic carbocycles. The third kappa shape index (κ3) is 5.18. The molecule has 5 rings (SSSR count). The van der Waals surface area contributed by atoms with E-state index in [4.69, 9.17) is 9.26 Å². The number of aromatic nitrogens is 4. The van der Waals surface area contributed by atoms with E-state index in [9.17, 15) is 4.79 Å². The van der Waals surface area contributed by atoms with Crippen molar-refractivity contribution in [1.29, 1.82) is 0 Å². The predicted octanol–water partition coefficient (Wildman–Crippen LogP) is 4.88. The third-order valence-corrected chi connectivity index (χ3v) is 7.15. The maximum Gasteiger partial charge on any atom is 0.237 e. The molecule has 1 aromatic carbocycles. The molecular formula is C23H23N5O3S2. The number of thioether (sulfide) groups is 1. The van der Waals surface area contributed by atoms with Crippen LogP contribution >= 0.6 is 23.1 Å². The molecule has 0 spiro atoms. The lowest BCUT2D eigenvalue weighted by molar-refractivity contribution is -0.113. The fourth-order valence-electron chi connectivity index (χ4n) is 3.64. The van der Waals surface area contributed by atoms with Crippen LogP contribution in [0.1, 0.15) is 18.4 Å². The smallest absolute Gasteiger partial charge is 0.237 e. The molecule has 33 heavy (non-hydrogen) atoms. The van der Waals surface area contributed by atoms with Crippen molar-refractivity contribution in [2.75, 3.05) is 17.7 Å². The van der Waals surface area contributed by atoms with Gasteiger partial charge in [0.1, 0.15) is 5.69 Å². The Labute approximate surface area is 199 Å². The average molecular weight is 482 g/mol. The van der Waals surface area contributed by atoms with Gasteiger partial charge in [-0.3, -0.25) is 14.7 Å². The summed E-state index contributed by atoms with van der Waals surface area (Å²) in [7, 11) is 0. The van der Waals surface area contributed by atoms with Crippen LogP contribution in [0.4, 0.5) is 5.88 Å². The van der Waals surface area contributed by atoms with Crippen molar-refractivity contribution in [2.45, 2.75) is 37.6 Å². The van der Waals surface area contributed by atoms with Gasteiger partial charge in [-0.2, -0.15) is 0 Å². The molecule has 0 radical (unpaired) electrons. The molecule has 4 heterocycles. The molecule has 0 saturated carbocycles. The molecule has 8 nitrogen and oxygen atoms in total. The van der Waals surface area contributed by atoms with Gasteiger partial charge in [-0.05, 0) is 31.2 Å². The van der Waals surface area contributed by atoms with Gasteiger partial charge in [0.2, 0.25) is 11.8 Å². The zero-order valence-corrected chi connectivity index (χ0v) is 19.7. The minimum absolute atomic E-state index is 0.141. The highest BCUT2D eigenvalue weighted by atomic mass is 32.2. The number of hydrogen-bond donors (Lipinski definition) is 1. The molecule has 1 aliphatic rings. The fourth-order valence-corrected chi connectivity index (χ4v) is 5.10. The highest BCUT2D eigenvalue weighted by molar-refractivity contribution is 7.99. The molecule has 1 aliphatic heterocycles. The standard InChI is InChI=1S/C23H23N5O3S2/c1-15-6-8-16(9-7-15)18-12-21(31-27-18)24-20(29)14-33-23-26-25-22(19-5-3-11-32-19)28(23)13-17-4-2-10-30-17/h3,5-9,11-12,17H,2,4,10,13-14H2,1H3,(H,24,29)/t17-/m0/s1. The number of rotatable bonds is 8. The minimum atomic E-state index is -0.198. The Morgan fingerprint density at radius 1 is 1.27 bits per heavy atom. The van der Waals surface area contributed by atoms with Gasteiger partial charge in [0.15, 0.2) is 11.0 Å². The summed E-state index contributed by atoms with van der Waals surface area (Å²) >= 11 is 2.96. The van der Waals surface area contributed by atoms with Gasteiger partial charge < -0.3 is 9.26 Å². The van der Waals surface area contributed by atoms with E-state index in [0.717, 1.165) is 35.7 Å². The van der Waals surface area contributed by atoms with Crippen molar-refractivity contribution < 1.29 is 14.1 Å². The van der Waals surface area contributed by atoms with Gasteiger partial charge in [0.25, 0.3) is 0 Å². The van der Waals surface area contributed by atoms with Crippen molar-refractivity contribution in [3.05, 3.63) is 53.4 Å². The number of nitrogens with one attached hydrogen (secondary N) is 1. The van der Waals surface area contributed by atoms with Gasteiger partial charge >= 0.3 is 0 Å². The monoisotopic (exact) mass is 481 g/mol. The van der Waals surface area contributed by atoms with E-state index < -0.39 is 0 Å². The summed E-state index contributed by atoms with van der Waals surface area (Å²) in [5, 5.41) is 18.3. The molecule has 1 N–H and O–H groups in total. The molecule has 0 unspecified atom stereocenters. The number of carbonyl (C=O) groups excluding carboxylic acids is 1. The first-order valence-corrected chi connectivity index (χ1v) is 12.6. The molecule has 170 valence electrons. The van der Waals surface area contributed by atoms with Gasteiger partial charge in [-0.15, -0.1) is 21.5 Å². The molecule has 3 aromatic heterocycles. The molecule has 1 fully saturated rings. The largest absolute Gasteiger partial charge is 0.376 e. The van der Waals surface area contributed by atoms with Crippen LogP contribution in [0.15, 0.2) is 57.5 Å². The number of anilines is 1. The van der Waals surface area contributed by atoms with Crippen molar-refractivity contribution in [3.63, 3.8) is 0 Å². The lowest BCUT2D eigenvalue weighted by Crippen LogP contribution is -2.18. The first-order valence-electron chi connectivity index (χ1n) is 10.7. The molecular weight excluding hydrogens is 458 g/mol. The molecule has 0 bridgehead atoms. The molecule has 1 amide bonds. The quantitative estimate of drug-likeness (QED) is 0.358. The highest BCUT2D eigenvalue weighted by Crippen LogP contribution is 2.29. The van der Waals surface area contributed by atoms with E-state index in [0.29, 0.717) is 23.3 Å². The number of thiophene rings is 1. The van der Waals surface area contributed by atoms with E-state index in [1.54, 1.807) is 17.4 Å². The second kappa shape index (κ2) is 9.90. The zero-order valence-electron chi connectivity index (χ0n) is 18.1.